The lowest BCUT2D eigenvalue weighted by Crippen LogP contribution is -2.54. The van der Waals surface area contributed by atoms with Gasteiger partial charge in [-0.1, -0.05) is 31.2 Å². The van der Waals surface area contributed by atoms with E-state index in [1.165, 1.54) is 16.0 Å². The highest BCUT2D eigenvalue weighted by atomic mass is 32.1. The van der Waals surface area contributed by atoms with Gasteiger partial charge in [0.2, 0.25) is 0 Å². The summed E-state index contributed by atoms with van der Waals surface area (Å²) >= 11 is 5.37. The molecule has 3 aromatic rings. The molecule has 34 heavy (non-hydrogen) atoms. The van der Waals surface area contributed by atoms with Crippen LogP contribution in [0.4, 0.5) is 5.69 Å². The van der Waals surface area contributed by atoms with Gasteiger partial charge in [0.05, 0.1) is 11.4 Å². The van der Waals surface area contributed by atoms with E-state index in [0.29, 0.717) is 5.69 Å². The van der Waals surface area contributed by atoms with Gasteiger partial charge in [0, 0.05) is 11.4 Å². The van der Waals surface area contributed by atoms with Gasteiger partial charge in [-0.25, -0.2) is 0 Å². The van der Waals surface area contributed by atoms with Crippen LogP contribution in [-0.2, 0) is 16.0 Å². The highest BCUT2D eigenvalue weighted by molar-refractivity contribution is 7.80. The standard InChI is InChI=1S/C28H29N3O2S/c1-7-21-10-8-9-18(4)25(21)30-19(5)14-22(20(30)6)15-24-26(32)29-28(34)31(27(24)33)23-12-16(2)11-17(3)13-23/h8-15H,7H2,1-6H3,(H,29,32,34)/b24-15+. The molecule has 5 nitrogen and oxygen atoms in total. The molecule has 0 unspecified atom stereocenters. The van der Waals surface area contributed by atoms with Gasteiger partial charge < -0.3 is 4.57 Å². The molecular formula is C28H29N3O2S. The van der Waals surface area contributed by atoms with Gasteiger partial charge in [-0.2, -0.15) is 0 Å². The summed E-state index contributed by atoms with van der Waals surface area (Å²) in [5, 5.41) is 2.78. The molecule has 1 aliphatic heterocycles. The molecule has 1 aliphatic rings. The largest absolute Gasteiger partial charge is 0.317 e. The number of rotatable bonds is 4. The van der Waals surface area contributed by atoms with Crippen LogP contribution in [-0.4, -0.2) is 21.5 Å². The second kappa shape index (κ2) is 9.03. The molecule has 2 heterocycles. The molecular weight excluding hydrogens is 442 g/mol. The summed E-state index contributed by atoms with van der Waals surface area (Å²) in [5.41, 5.74) is 9.17. The van der Waals surface area contributed by atoms with E-state index in [1.54, 1.807) is 6.08 Å². The predicted molar refractivity (Wildman–Crippen MR) is 141 cm³/mol. The van der Waals surface area contributed by atoms with Gasteiger partial charge >= 0.3 is 0 Å². The lowest BCUT2D eigenvalue weighted by atomic mass is 10.0. The molecule has 0 radical (unpaired) electrons. The van der Waals surface area contributed by atoms with E-state index in [1.807, 2.05) is 52.0 Å². The van der Waals surface area contributed by atoms with Crippen LogP contribution < -0.4 is 10.2 Å². The van der Waals surface area contributed by atoms with E-state index in [9.17, 15) is 9.59 Å². The van der Waals surface area contributed by atoms with Gasteiger partial charge in [-0.15, -0.1) is 0 Å². The first-order chi connectivity index (χ1) is 16.1. The number of para-hydroxylation sites is 1. The molecule has 0 saturated carbocycles. The van der Waals surface area contributed by atoms with Gasteiger partial charge in [0.15, 0.2) is 5.11 Å². The second-order valence-corrected chi connectivity index (χ2v) is 9.29. The zero-order valence-corrected chi connectivity index (χ0v) is 21.3. The minimum Gasteiger partial charge on any atom is -0.317 e. The Morgan fingerprint density at radius 2 is 1.65 bits per heavy atom. The van der Waals surface area contributed by atoms with Crippen molar-refractivity contribution in [1.82, 2.24) is 9.88 Å². The number of carbonyl (C=O) groups is 2. The van der Waals surface area contributed by atoms with Crippen molar-refractivity contribution in [3.8, 4) is 5.69 Å². The average molecular weight is 472 g/mol. The summed E-state index contributed by atoms with van der Waals surface area (Å²) < 4.78 is 2.21. The Morgan fingerprint density at radius 3 is 2.29 bits per heavy atom. The maximum absolute atomic E-state index is 13.5. The number of hydrogen-bond donors (Lipinski definition) is 1. The van der Waals surface area contributed by atoms with Gasteiger partial charge in [-0.3, -0.25) is 19.8 Å². The fourth-order valence-electron chi connectivity index (χ4n) is 4.73. The number of amides is 2. The molecule has 1 saturated heterocycles. The number of aromatic nitrogens is 1. The van der Waals surface area contributed by atoms with Gasteiger partial charge in [0.1, 0.15) is 5.57 Å². The smallest absolute Gasteiger partial charge is 0.270 e. The van der Waals surface area contributed by atoms with E-state index in [4.69, 9.17) is 12.2 Å². The number of aryl methyl sites for hydroxylation is 5. The van der Waals surface area contributed by atoms with Crippen LogP contribution in [0.5, 0.6) is 0 Å². The highest BCUT2D eigenvalue weighted by Crippen LogP contribution is 2.29. The molecule has 0 aliphatic carbocycles. The van der Waals surface area contributed by atoms with Crippen molar-refractivity contribution in [3.05, 3.63) is 87.2 Å². The summed E-state index contributed by atoms with van der Waals surface area (Å²) in [6, 6.07) is 14.1. The number of benzene rings is 2. The van der Waals surface area contributed by atoms with E-state index in [0.717, 1.165) is 40.2 Å². The average Bonchev–Trinajstić information content (AvgIpc) is 3.03. The van der Waals surface area contributed by atoms with Crippen LogP contribution in [0, 0.1) is 34.6 Å². The number of carbonyl (C=O) groups excluding carboxylic acids is 2. The van der Waals surface area contributed by atoms with Crippen molar-refractivity contribution in [1.29, 1.82) is 0 Å². The second-order valence-electron chi connectivity index (χ2n) is 8.90. The number of hydrogen-bond acceptors (Lipinski definition) is 3. The normalized spacial score (nSPS) is 15.3. The minimum absolute atomic E-state index is 0.0634. The molecule has 4 rings (SSSR count). The van der Waals surface area contributed by atoms with Crippen molar-refractivity contribution in [2.45, 2.75) is 48.0 Å². The van der Waals surface area contributed by atoms with Crippen molar-refractivity contribution in [2.24, 2.45) is 0 Å². The van der Waals surface area contributed by atoms with E-state index >= 15 is 0 Å². The molecule has 1 aromatic heterocycles. The van der Waals surface area contributed by atoms with Crippen molar-refractivity contribution < 1.29 is 9.59 Å². The number of thiocarbonyl (C=S) groups is 1. The Morgan fingerprint density at radius 1 is 0.971 bits per heavy atom. The van der Waals surface area contributed by atoms with E-state index < -0.39 is 11.8 Å². The Balaban J connectivity index is 1.82. The van der Waals surface area contributed by atoms with Crippen LogP contribution in [0.15, 0.2) is 48.0 Å². The molecule has 2 amide bonds. The molecule has 1 fully saturated rings. The zero-order valence-electron chi connectivity index (χ0n) is 20.4. The Bertz CT molecular complexity index is 1360. The molecule has 0 atom stereocenters. The molecule has 2 aromatic carbocycles. The molecule has 0 bridgehead atoms. The first-order valence-corrected chi connectivity index (χ1v) is 11.8. The quantitative estimate of drug-likeness (QED) is 0.314. The Hall–Kier alpha value is -3.51. The third kappa shape index (κ3) is 4.10. The van der Waals surface area contributed by atoms with Crippen molar-refractivity contribution >= 4 is 40.9 Å². The summed E-state index contributed by atoms with van der Waals surface area (Å²) in [4.78, 5) is 27.7. The van der Waals surface area contributed by atoms with Crippen LogP contribution >= 0.6 is 12.2 Å². The zero-order chi connectivity index (χ0) is 24.7. The third-order valence-corrected chi connectivity index (χ3v) is 6.55. The Labute approximate surface area is 206 Å². The number of anilines is 1. The Kier molecular flexibility index (Phi) is 6.28. The first-order valence-electron chi connectivity index (χ1n) is 11.4. The maximum atomic E-state index is 13.5. The summed E-state index contributed by atoms with van der Waals surface area (Å²) in [6.45, 7) is 12.2. The van der Waals surface area contributed by atoms with Crippen LogP contribution in [0.3, 0.4) is 0 Å². The van der Waals surface area contributed by atoms with Gasteiger partial charge in [-0.05, 0) is 105 Å². The van der Waals surface area contributed by atoms with Crippen LogP contribution in [0.2, 0.25) is 0 Å². The molecule has 0 spiro atoms. The van der Waals surface area contributed by atoms with E-state index in [2.05, 4.69) is 41.9 Å². The van der Waals surface area contributed by atoms with Crippen LogP contribution in [0.1, 0.15) is 46.1 Å². The van der Waals surface area contributed by atoms with Gasteiger partial charge in [0.25, 0.3) is 11.8 Å². The van der Waals surface area contributed by atoms with Crippen LogP contribution in [0.25, 0.3) is 11.8 Å². The molecule has 1 N–H and O–H groups in total. The van der Waals surface area contributed by atoms with Crippen molar-refractivity contribution in [2.75, 3.05) is 4.90 Å². The summed E-state index contributed by atoms with van der Waals surface area (Å²) in [5.74, 6) is -0.903. The minimum atomic E-state index is -0.481. The first kappa shape index (κ1) is 23.6. The fraction of sp³-hybridized carbons (Fsp3) is 0.250. The summed E-state index contributed by atoms with van der Waals surface area (Å²) in [7, 11) is 0. The van der Waals surface area contributed by atoms with E-state index in [-0.39, 0.29) is 10.7 Å². The molecule has 6 heteroatoms. The predicted octanol–water partition coefficient (Wildman–Crippen LogP) is 5.41. The van der Waals surface area contributed by atoms with Crippen molar-refractivity contribution in [3.63, 3.8) is 0 Å². The topological polar surface area (TPSA) is 54.3 Å². The number of nitrogens with one attached hydrogen (secondary N) is 1. The maximum Gasteiger partial charge on any atom is 0.270 e. The molecule has 174 valence electrons. The lowest BCUT2D eigenvalue weighted by molar-refractivity contribution is -0.122. The summed E-state index contributed by atoms with van der Waals surface area (Å²) in [6.07, 6.45) is 2.59. The third-order valence-electron chi connectivity index (χ3n) is 6.26. The fourth-order valence-corrected chi connectivity index (χ4v) is 5.01. The monoisotopic (exact) mass is 471 g/mol. The number of nitrogens with zero attached hydrogens (tertiary/aromatic N) is 2. The lowest BCUT2D eigenvalue weighted by Gasteiger charge is -2.29. The SMILES string of the molecule is CCc1cccc(C)c1-n1c(C)cc(/C=C2\C(=O)NC(=S)N(c3cc(C)cc(C)c3)C2=O)c1C. The highest BCUT2D eigenvalue weighted by Gasteiger charge is 2.35.